The minimum atomic E-state index is -0.367. The molecule has 16 heteroatoms. The van der Waals surface area contributed by atoms with Gasteiger partial charge < -0.3 is 34.2 Å². The number of thiol groups is 1. The first-order chi connectivity index (χ1) is 32.8. The molecule has 0 radical (unpaired) electrons. The summed E-state index contributed by atoms with van der Waals surface area (Å²) in [5, 5.41) is 3.89. The number of rotatable bonds is 1. The largest absolute Gasteiger partial charge is 0.348 e. The van der Waals surface area contributed by atoms with Crippen LogP contribution in [0, 0.1) is 0 Å². The molecule has 6 spiro atoms. The van der Waals surface area contributed by atoms with Gasteiger partial charge in [0.25, 0.3) is 0 Å². The molecule has 12 nitrogen and oxygen atoms in total. The van der Waals surface area contributed by atoms with Crippen molar-refractivity contribution in [3.8, 4) is 0 Å². The van der Waals surface area contributed by atoms with Crippen molar-refractivity contribution < 1.29 is 38.0 Å². The molecule has 4 aliphatic carbocycles. The molecule has 0 unspecified atom stereocenters. The van der Waals surface area contributed by atoms with Gasteiger partial charge in [0.15, 0.2) is 17.4 Å². The van der Waals surface area contributed by atoms with E-state index < -0.39 is 0 Å². The van der Waals surface area contributed by atoms with Gasteiger partial charge in [0, 0.05) is 105 Å². The van der Waals surface area contributed by atoms with E-state index in [9.17, 15) is 9.59 Å². The zero-order valence-corrected chi connectivity index (χ0v) is 51.8. The highest BCUT2D eigenvalue weighted by Crippen LogP contribution is 2.63. The van der Waals surface area contributed by atoms with E-state index in [0.29, 0.717) is 37.6 Å². The fraction of sp³-hybridized carbons (Fsp3) is 0.964. The Bertz CT molecular complexity index is 1820. The topological polar surface area (TPSA) is 134 Å². The summed E-state index contributed by atoms with van der Waals surface area (Å²) < 4.78 is 35.0. The van der Waals surface area contributed by atoms with Crippen molar-refractivity contribution in [3.05, 3.63) is 0 Å². The van der Waals surface area contributed by atoms with Gasteiger partial charge in [-0.3, -0.25) is 24.7 Å². The van der Waals surface area contributed by atoms with Crippen LogP contribution in [0.25, 0.3) is 0 Å². The Labute approximate surface area is 456 Å². The number of nitrogens with two attached hydrogens (primary N) is 1. The van der Waals surface area contributed by atoms with E-state index in [4.69, 9.17) is 34.2 Å². The van der Waals surface area contributed by atoms with Crippen LogP contribution in [-0.4, -0.2) is 148 Å². The maximum absolute atomic E-state index is 11.4. The number of hydrogen-bond acceptors (Lipinski definition) is 16. The molecule has 10 rings (SSSR count). The average molecular weight is 1090 g/mol. The van der Waals surface area contributed by atoms with Crippen LogP contribution in [0.1, 0.15) is 214 Å². The minimum Gasteiger partial charge on any atom is -0.348 e. The average Bonchev–Trinajstić information content (AvgIpc) is 4.11. The number of carbonyl (C=O) groups excluding carboxylic acids is 2. The van der Waals surface area contributed by atoms with Crippen molar-refractivity contribution in [2.24, 2.45) is 5.73 Å². The van der Waals surface area contributed by atoms with Crippen LogP contribution in [0.4, 0.5) is 0 Å². The van der Waals surface area contributed by atoms with Crippen molar-refractivity contribution >= 4 is 59.5 Å². The Morgan fingerprint density at radius 3 is 1.04 bits per heavy atom. The SMILES string of the molecule is CC(C)(N)C(C)(C)S.CC1(C)NC2(CCC3(CC2)OCCO3)SC1(C)C.CN1C2(CCC(=O)CC2)SC(C)(C)C1(C)C.CN1C2(CCC3(CC2)OCCO3)SC(C)(C)C1(C)C.O=C1CCC2(CC1)OCCO2. The molecule has 6 saturated heterocycles. The van der Waals surface area contributed by atoms with Crippen molar-refractivity contribution in [1.29, 1.82) is 0 Å². The van der Waals surface area contributed by atoms with Crippen molar-refractivity contribution in [2.75, 3.05) is 53.7 Å². The molecular weight excluding hydrogens is 985 g/mol. The molecule has 0 bridgehead atoms. The molecule has 0 aromatic rings. The molecular formula is C56H102N4O8S4. The minimum absolute atomic E-state index is 0.0903. The Hall–Kier alpha value is 0.340. The van der Waals surface area contributed by atoms with Crippen LogP contribution in [-0.2, 0) is 38.0 Å². The van der Waals surface area contributed by atoms with Crippen LogP contribution in [0.3, 0.4) is 0 Å². The summed E-state index contributed by atoms with van der Waals surface area (Å²) in [6, 6.07) is 0. The van der Waals surface area contributed by atoms with Crippen molar-refractivity contribution in [2.45, 2.75) is 287 Å². The first kappa shape index (κ1) is 61.6. The zero-order valence-electron chi connectivity index (χ0n) is 48.5. The Kier molecular flexibility index (Phi) is 18.3. The summed E-state index contributed by atoms with van der Waals surface area (Å²) in [6.07, 6.45) is 15.1. The molecule has 0 atom stereocenters. The lowest BCUT2D eigenvalue weighted by atomic mass is 9.83. The van der Waals surface area contributed by atoms with Crippen LogP contribution in [0.5, 0.6) is 0 Å². The van der Waals surface area contributed by atoms with E-state index in [0.717, 1.165) is 103 Å². The lowest BCUT2D eigenvalue weighted by Crippen LogP contribution is -2.55. The molecule has 10 fully saturated rings. The van der Waals surface area contributed by atoms with E-state index in [2.05, 4.69) is 160 Å². The van der Waals surface area contributed by atoms with E-state index in [1.165, 1.54) is 12.8 Å². The fourth-order valence-electron chi connectivity index (χ4n) is 11.9. The monoisotopic (exact) mass is 1090 g/mol. The Morgan fingerprint density at radius 1 is 0.472 bits per heavy atom. The summed E-state index contributed by atoms with van der Waals surface area (Å²) >= 11 is 10.7. The van der Waals surface area contributed by atoms with Gasteiger partial charge in [-0.1, -0.05) is 0 Å². The number of carbonyl (C=O) groups is 2. The highest BCUT2D eigenvalue weighted by Gasteiger charge is 2.63. The summed E-state index contributed by atoms with van der Waals surface area (Å²) in [5.74, 6) is -0.0706. The van der Waals surface area contributed by atoms with Gasteiger partial charge in [-0.2, -0.15) is 12.6 Å². The first-order valence-electron chi connectivity index (χ1n) is 27.5. The van der Waals surface area contributed by atoms with E-state index in [1.807, 2.05) is 27.7 Å². The predicted molar refractivity (Wildman–Crippen MR) is 303 cm³/mol. The standard InChI is InChI=1S/C15H27NO2S.C14H25NO2S.C13H23NOS.C8H12O3.C6H15NS/c1-12(2)13(3,4)19-14(16(12)5)6-8-15(9-7-14)17-10-11-18-15;1-11(2)12(3,4)18-13(15-11)5-7-14(8-6-13)16-9-10-17-14;1-11(2)12(3,4)16-13(14(11)5)8-6-10(15)7-9-13;9-7-1-3-8(4-2-7)10-5-6-11-8;1-5(2,7)6(3,4)8/h6-11H2,1-5H3;15H,5-10H2,1-4H3;6-9H2,1-5H3;1-6H2;8H,7H2,1-4H3. The molecule has 0 amide bonds. The number of Topliss-reactive ketones (excluding diaryl/α,β-unsaturated/α-hetero) is 2. The lowest BCUT2D eigenvalue weighted by molar-refractivity contribution is -0.187. The third-order valence-electron chi connectivity index (χ3n) is 20.0. The Morgan fingerprint density at radius 2 is 0.764 bits per heavy atom. The highest BCUT2D eigenvalue weighted by atomic mass is 32.2. The van der Waals surface area contributed by atoms with E-state index in [-0.39, 0.29) is 73.1 Å². The van der Waals surface area contributed by atoms with Crippen LogP contribution < -0.4 is 11.1 Å². The summed E-state index contributed by atoms with van der Waals surface area (Å²) in [7, 11) is 4.54. The molecule has 4 saturated carbocycles. The quantitative estimate of drug-likeness (QED) is 0.215. The number of nitrogens with zero attached hydrogens (tertiary/aromatic N) is 2. The van der Waals surface area contributed by atoms with Gasteiger partial charge >= 0.3 is 0 Å². The number of ether oxygens (including phenoxy) is 6. The molecule has 10 aliphatic rings. The molecule has 6 heterocycles. The predicted octanol–water partition coefficient (Wildman–Crippen LogP) is 11.5. The van der Waals surface area contributed by atoms with Crippen LogP contribution in [0.15, 0.2) is 0 Å². The third kappa shape index (κ3) is 12.7. The first-order valence-corrected chi connectivity index (χ1v) is 30.4. The number of thioether (sulfide) groups is 3. The van der Waals surface area contributed by atoms with Gasteiger partial charge in [-0.15, -0.1) is 35.3 Å². The lowest BCUT2D eigenvalue weighted by Gasteiger charge is -2.47. The normalized spacial score (nSPS) is 31.4. The zero-order chi connectivity index (χ0) is 53.9. The van der Waals surface area contributed by atoms with E-state index in [1.54, 1.807) is 0 Å². The van der Waals surface area contributed by atoms with Gasteiger partial charge in [-0.05, 0) is 163 Å². The second kappa shape index (κ2) is 21.4. The molecule has 72 heavy (non-hydrogen) atoms. The molecule has 3 N–H and O–H groups in total. The molecule has 6 aliphatic heterocycles. The van der Waals surface area contributed by atoms with Gasteiger partial charge in [-0.25, -0.2) is 0 Å². The molecule has 0 aromatic heterocycles. The summed E-state index contributed by atoms with van der Waals surface area (Å²) in [5.41, 5.74) is 6.13. The summed E-state index contributed by atoms with van der Waals surface area (Å²) in [4.78, 5) is 28.1. The van der Waals surface area contributed by atoms with Gasteiger partial charge in [0.05, 0.1) is 54.3 Å². The Balaban J connectivity index is 0.000000151. The van der Waals surface area contributed by atoms with Crippen LogP contribution >= 0.6 is 47.9 Å². The fourth-order valence-corrected chi connectivity index (χ4v) is 18.1. The number of hydrogen-bond donors (Lipinski definition) is 3. The molecule has 0 aromatic carbocycles. The second-order valence-electron chi connectivity index (χ2n) is 26.9. The van der Waals surface area contributed by atoms with Crippen molar-refractivity contribution in [3.63, 3.8) is 0 Å². The van der Waals surface area contributed by atoms with Crippen LogP contribution in [0.2, 0.25) is 0 Å². The smallest absolute Gasteiger partial charge is 0.169 e. The van der Waals surface area contributed by atoms with E-state index >= 15 is 0 Å². The van der Waals surface area contributed by atoms with Gasteiger partial charge in [0.2, 0.25) is 0 Å². The number of ketones is 2. The maximum Gasteiger partial charge on any atom is 0.169 e. The highest BCUT2D eigenvalue weighted by molar-refractivity contribution is 8.02. The second-order valence-corrected chi connectivity index (χ2v) is 34.0. The third-order valence-corrected chi connectivity index (χ3v) is 26.7. The molecule has 418 valence electrons. The maximum atomic E-state index is 11.4. The van der Waals surface area contributed by atoms with Crippen molar-refractivity contribution in [1.82, 2.24) is 15.1 Å². The number of nitrogens with one attached hydrogen (secondary N) is 1. The summed E-state index contributed by atoms with van der Waals surface area (Å²) in [6.45, 7) is 40.6. The van der Waals surface area contributed by atoms with Gasteiger partial charge in [0.1, 0.15) is 11.6 Å².